The third-order valence-electron chi connectivity index (χ3n) is 5.98. The maximum Gasteiger partial charge on any atom is 0.317 e. The van der Waals surface area contributed by atoms with Gasteiger partial charge in [0.2, 0.25) is 0 Å². The van der Waals surface area contributed by atoms with Gasteiger partial charge < -0.3 is 15.1 Å². The summed E-state index contributed by atoms with van der Waals surface area (Å²) >= 11 is 0. The van der Waals surface area contributed by atoms with E-state index in [1.807, 2.05) is 23.2 Å². The van der Waals surface area contributed by atoms with Crippen molar-refractivity contribution in [3.63, 3.8) is 0 Å². The first-order chi connectivity index (χ1) is 11.8. The number of rotatable bonds is 4. The molecule has 2 aliphatic heterocycles. The van der Waals surface area contributed by atoms with Gasteiger partial charge in [0.05, 0.1) is 0 Å². The molecule has 0 spiro atoms. The lowest BCUT2D eigenvalue weighted by atomic mass is 9.96. The van der Waals surface area contributed by atoms with Gasteiger partial charge in [-0.2, -0.15) is 0 Å². The monoisotopic (exact) mass is 328 g/mol. The number of aromatic nitrogens is 1. The summed E-state index contributed by atoms with van der Waals surface area (Å²) in [5.74, 6) is 1.03. The summed E-state index contributed by atoms with van der Waals surface area (Å²) in [4.78, 5) is 21.2. The second-order valence-electron chi connectivity index (χ2n) is 7.63. The molecular formula is C19H28N4O. The Morgan fingerprint density at radius 3 is 2.75 bits per heavy atom. The van der Waals surface area contributed by atoms with Crippen LogP contribution >= 0.6 is 0 Å². The molecule has 1 N–H and O–H groups in total. The van der Waals surface area contributed by atoms with Crippen LogP contribution in [0.3, 0.4) is 0 Å². The van der Waals surface area contributed by atoms with E-state index in [2.05, 4.69) is 21.3 Å². The molecule has 3 aliphatic rings. The van der Waals surface area contributed by atoms with Crippen LogP contribution in [0.5, 0.6) is 0 Å². The first-order valence-corrected chi connectivity index (χ1v) is 9.47. The molecule has 0 radical (unpaired) electrons. The highest BCUT2D eigenvalue weighted by Crippen LogP contribution is 2.28. The number of carbonyl (C=O) groups is 1. The fourth-order valence-electron chi connectivity index (χ4n) is 4.42. The van der Waals surface area contributed by atoms with Crippen molar-refractivity contribution < 1.29 is 4.79 Å². The van der Waals surface area contributed by atoms with Crippen molar-refractivity contribution in [3.8, 4) is 0 Å². The Kier molecular flexibility index (Phi) is 4.69. The van der Waals surface area contributed by atoms with E-state index < -0.39 is 0 Å². The molecule has 2 saturated heterocycles. The SMILES string of the molecule is O=C(NCC1CCN(C2CCCC2)C1)N1CC(c2ccccn2)C1. The molecule has 5 heteroatoms. The average molecular weight is 328 g/mol. The highest BCUT2D eigenvalue weighted by molar-refractivity contribution is 5.75. The zero-order valence-corrected chi connectivity index (χ0v) is 14.4. The van der Waals surface area contributed by atoms with E-state index >= 15 is 0 Å². The molecule has 2 amide bonds. The zero-order valence-electron chi connectivity index (χ0n) is 14.4. The first kappa shape index (κ1) is 15.9. The van der Waals surface area contributed by atoms with Gasteiger partial charge in [0.15, 0.2) is 0 Å². The van der Waals surface area contributed by atoms with Gasteiger partial charge in [-0.15, -0.1) is 0 Å². The molecule has 5 nitrogen and oxygen atoms in total. The molecule has 4 rings (SSSR count). The van der Waals surface area contributed by atoms with Gasteiger partial charge in [-0.3, -0.25) is 4.98 Å². The van der Waals surface area contributed by atoms with Gasteiger partial charge in [-0.1, -0.05) is 18.9 Å². The molecule has 0 bridgehead atoms. The van der Waals surface area contributed by atoms with E-state index in [1.165, 1.54) is 45.2 Å². The van der Waals surface area contributed by atoms with Crippen LogP contribution < -0.4 is 5.32 Å². The first-order valence-electron chi connectivity index (χ1n) is 9.47. The second kappa shape index (κ2) is 7.09. The van der Waals surface area contributed by atoms with E-state index in [9.17, 15) is 4.79 Å². The average Bonchev–Trinajstić information content (AvgIpc) is 3.24. The van der Waals surface area contributed by atoms with Crippen LogP contribution in [0.15, 0.2) is 24.4 Å². The van der Waals surface area contributed by atoms with Crippen molar-refractivity contribution >= 4 is 6.03 Å². The summed E-state index contributed by atoms with van der Waals surface area (Å²) in [5.41, 5.74) is 1.10. The lowest BCUT2D eigenvalue weighted by Crippen LogP contribution is -2.53. The maximum atomic E-state index is 12.3. The van der Waals surface area contributed by atoms with Crippen molar-refractivity contribution in [1.82, 2.24) is 20.1 Å². The Bertz CT molecular complexity index is 552. The number of hydrogen-bond donors (Lipinski definition) is 1. The van der Waals surface area contributed by atoms with Crippen molar-refractivity contribution in [2.75, 3.05) is 32.7 Å². The minimum atomic E-state index is 0.0986. The van der Waals surface area contributed by atoms with Gasteiger partial charge in [-0.05, 0) is 43.9 Å². The molecule has 1 aliphatic carbocycles. The number of hydrogen-bond acceptors (Lipinski definition) is 3. The van der Waals surface area contributed by atoms with Crippen LogP contribution in [0.2, 0.25) is 0 Å². The molecule has 130 valence electrons. The lowest BCUT2D eigenvalue weighted by Gasteiger charge is -2.39. The van der Waals surface area contributed by atoms with Crippen LogP contribution in [0, 0.1) is 5.92 Å². The summed E-state index contributed by atoms with van der Waals surface area (Å²) in [6, 6.07) is 6.92. The molecule has 1 aromatic heterocycles. The van der Waals surface area contributed by atoms with E-state index in [-0.39, 0.29) is 6.03 Å². The van der Waals surface area contributed by atoms with Crippen molar-refractivity contribution in [1.29, 1.82) is 0 Å². The molecule has 1 aromatic rings. The number of nitrogens with one attached hydrogen (secondary N) is 1. The highest BCUT2D eigenvalue weighted by Gasteiger charge is 2.34. The third kappa shape index (κ3) is 3.41. The van der Waals surface area contributed by atoms with Gasteiger partial charge in [-0.25, -0.2) is 4.79 Å². The van der Waals surface area contributed by atoms with Crippen molar-refractivity contribution in [3.05, 3.63) is 30.1 Å². The Balaban J connectivity index is 1.17. The fourth-order valence-corrected chi connectivity index (χ4v) is 4.42. The van der Waals surface area contributed by atoms with E-state index in [1.54, 1.807) is 0 Å². The highest BCUT2D eigenvalue weighted by atomic mass is 16.2. The largest absolute Gasteiger partial charge is 0.338 e. The minimum absolute atomic E-state index is 0.0986. The van der Waals surface area contributed by atoms with Gasteiger partial charge in [0.25, 0.3) is 0 Å². The van der Waals surface area contributed by atoms with Crippen LogP contribution in [-0.4, -0.2) is 59.6 Å². The number of pyridine rings is 1. The van der Waals surface area contributed by atoms with Crippen LogP contribution in [0.25, 0.3) is 0 Å². The third-order valence-corrected chi connectivity index (χ3v) is 5.98. The Labute approximate surface area is 144 Å². The predicted octanol–water partition coefficient (Wildman–Crippen LogP) is 2.45. The summed E-state index contributed by atoms with van der Waals surface area (Å²) in [6.45, 7) is 4.80. The van der Waals surface area contributed by atoms with Crippen molar-refractivity contribution in [2.45, 2.75) is 44.1 Å². The molecule has 24 heavy (non-hydrogen) atoms. The molecule has 1 atom stereocenters. The Morgan fingerprint density at radius 2 is 2.00 bits per heavy atom. The minimum Gasteiger partial charge on any atom is -0.338 e. The molecule has 3 fully saturated rings. The number of carbonyl (C=O) groups excluding carboxylic acids is 1. The topological polar surface area (TPSA) is 48.5 Å². The van der Waals surface area contributed by atoms with E-state index in [0.717, 1.165) is 31.4 Å². The summed E-state index contributed by atoms with van der Waals surface area (Å²) < 4.78 is 0. The van der Waals surface area contributed by atoms with Crippen LogP contribution in [-0.2, 0) is 0 Å². The predicted molar refractivity (Wildman–Crippen MR) is 93.9 cm³/mol. The van der Waals surface area contributed by atoms with Crippen molar-refractivity contribution in [2.24, 2.45) is 5.92 Å². The molecular weight excluding hydrogens is 300 g/mol. The Morgan fingerprint density at radius 1 is 1.17 bits per heavy atom. The Hall–Kier alpha value is -1.62. The van der Waals surface area contributed by atoms with E-state index in [0.29, 0.717) is 11.8 Å². The van der Waals surface area contributed by atoms with Crippen LogP contribution in [0.1, 0.15) is 43.7 Å². The smallest absolute Gasteiger partial charge is 0.317 e. The van der Waals surface area contributed by atoms with Crippen LogP contribution in [0.4, 0.5) is 4.79 Å². The van der Waals surface area contributed by atoms with Gasteiger partial charge in [0.1, 0.15) is 0 Å². The summed E-state index contributed by atoms with van der Waals surface area (Å²) in [5, 5.41) is 3.15. The summed E-state index contributed by atoms with van der Waals surface area (Å²) in [6.07, 6.45) is 8.61. The van der Waals surface area contributed by atoms with Gasteiger partial charge >= 0.3 is 6.03 Å². The number of nitrogens with zero attached hydrogens (tertiary/aromatic N) is 3. The fraction of sp³-hybridized carbons (Fsp3) is 0.684. The molecule has 1 saturated carbocycles. The molecule has 3 heterocycles. The quantitative estimate of drug-likeness (QED) is 0.923. The molecule has 0 aromatic carbocycles. The summed E-state index contributed by atoms with van der Waals surface area (Å²) in [7, 11) is 0. The molecule has 1 unspecified atom stereocenters. The maximum absolute atomic E-state index is 12.3. The zero-order chi connectivity index (χ0) is 16.4. The standard InChI is InChI=1S/C19H28N4O/c24-19(23-13-16(14-23)18-7-3-4-9-20-18)21-11-15-8-10-22(12-15)17-5-1-2-6-17/h3-4,7,9,15-17H,1-2,5-6,8,10-14H2,(H,21,24). The van der Waals surface area contributed by atoms with E-state index in [4.69, 9.17) is 0 Å². The number of urea groups is 1. The number of likely N-dealkylation sites (tertiary alicyclic amines) is 2. The number of amides is 2. The van der Waals surface area contributed by atoms with Gasteiger partial charge in [0, 0.05) is 50.0 Å². The second-order valence-corrected chi connectivity index (χ2v) is 7.63. The normalized spacial score (nSPS) is 25.8. The lowest BCUT2D eigenvalue weighted by molar-refractivity contribution is 0.148.